The molecule has 0 heterocycles. The van der Waals surface area contributed by atoms with Crippen LogP contribution in [0.15, 0.2) is 23.3 Å². The number of nitrogens with one attached hydrogen (secondary N) is 1. The summed E-state index contributed by atoms with van der Waals surface area (Å²) in [4.78, 5) is 40.9. The van der Waals surface area contributed by atoms with Gasteiger partial charge in [0.1, 0.15) is 5.92 Å². The third kappa shape index (κ3) is 13.7. The summed E-state index contributed by atoms with van der Waals surface area (Å²) in [5, 5.41) is 11.5. The highest BCUT2D eigenvalue weighted by Gasteiger charge is 2.33. The Labute approximate surface area is 168 Å². The fourth-order valence-electron chi connectivity index (χ4n) is 2.68. The maximum atomic E-state index is 12.0. The van der Waals surface area contributed by atoms with Crippen molar-refractivity contribution in [3.05, 3.63) is 23.3 Å². The fourth-order valence-corrected chi connectivity index (χ4v) is 3.48. The van der Waals surface area contributed by atoms with E-state index in [2.05, 4.69) is 52.1 Å². The first-order chi connectivity index (χ1) is 12.7. The summed E-state index contributed by atoms with van der Waals surface area (Å²) in [6.45, 7) is 10.7. The number of carboxylic acids is 1. The second-order valence-corrected chi connectivity index (χ2v) is 10.0. The number of carboxylic acid groups (broad SMARTS) is 1. The number of amides is 1. The summed E-state index contributed by atoms with van der Waals surface area (Å²) in [6, 6.07) is 0. The molecule has 0 saturated heterocycles. The van der Waals surface area contributed by atoms with Crippen molar-refractivity contribution < 1.29 is 29.0 Å². The molecule has 1 unspecified atom stereocenters. The number of allylic oxidation sites excluding steroid dienone is 4. The molecule has 0 aromatic carbocycles. The van der Waals surface area contributed by atoms with Gasteiger partial charge in [0, 0.05) is 6.54 Å². The van der Waals surface area contributed by atoms with Gasteiger partial charge in [0.05, 0.1) is 6.16 Å². The zero-order valence-corrected chi connectivity index (χ0v) is 18.6. The number of carbonyl (C=O) groups is 2. The molecule has 0 spiro atoms. The van der Waals surface area contributed by atoms with Crippen molar-refractivity contribution in [1.29, 1.82) is 0 Å². The fraction of sp³-hybridized carbons (Fsp3) is 0.700. The lowest BCUT2D eigenvalue weighted by atomic mass is 9.84. The SMILES string of the molecule is CC(C)=CCC/C(C)=C/CCC(C)(C)CCNC(=O)C(CP(=O)(O)O)C(=O)O. The molecule has 0 bridgehead atoms. The summed E-state index contributed by atoms with van der Waals surface area (Å²) in [6.07, 6.45) is 8.04. The van der Waals surface area contributed by atoms with Gasteiger partial charge in [-0.2, -0.15) is 0 Å². The summed E-state index contributed by atoms with van der Waals surface area (Å²) in [7, 11) is -4.58. The Kier molecular flexibility index (Phi) is 11.6. The lowest BCUT2D eigenvalue weighted by Gasteiger charge is -2.24. The maximum Gasteiger partial charge on any atom is 0.326 e. The maximum absolute atomic E-state index is 12.0. The van der Waals surface area contributed by atoms with Crippen molar-refractivity contribution in [3.63, 3.8) is 0 Å². The van der Waals surface area contributed by atoms with Gasteiger partial charge in [-0.25, -0.2) is 0 Å². The third-order valence-corrected chi connectivity index (χ3v) is 5.38. The predicted molar refractivity (Wildman–Crippen MR) is 111 cm³/mol. The zero-order valence-electron chi connectivity index (χ0n) is 17.7. The first kappa shape index (κ1) is 26.6. The van der Waals surface area contributed by atoms with Crippen LogP contribution in [0, 0.1) is 11.3 Å². The summed E-state index contributed by atoms with van der Waals surface area (Å²) >= 11 is 0. The second kappa shape index (κ2) is 12.2. The lowest BCUT2D eigenvalue weighted by molar-refractivity contribution is -0.146. The molecule has 0 aromatic heterocycles. The van der Waals surface area contributed by atoms with Gasteiger partial charge in [-0.1, -0.05) is 37.1 Å². The van der Waals surface area contributed by atoms with Crippen LogP contribution < -0.4 is 5.32 Å². The first-order valence-corrected chi connectivity index (χ1v) is 11.4. The van der Waals surface area contributed by atoms with Gasteiger partial charge in [0.15, 0.2) is 0 Å². The van der Waals surface area contributed by atoms with Gasteiger partial charge in [-0.3, -0.25) is 14.2 Å². The van der Waals surface area contributed by atoms with Crippen molar-refractivity contribution in [2.45, 2.75) is 66.7 Å². The van der Waals surface area contributed by atoms with E-state index in [1.165, 1.54) is 11.1 Å². The molecule has 4 N–H and O–H groups in total. The highest BCUT2D eigenvalue weighted by molar-refractivity contribution is 7.51. The molecule has 7 nitrogen and oxygen atoms in total. The van der Waals surface area contributed by atoms with Crippen LogP contribution in [0.5, 0.6) is 0 Å². The van der Waals surface area contributed by atoms with Gasteiger partial charge < -0.3 is 20.2 Å². The van der Waals surface area contributed by atoms with Crippen LogP contribution >= 0.6 is 7.60 Å². The Morgan fingerprint density at radius 1 is 1.07 bits per heavy atom. The Morgan fingerprint density at radius 2 is 1.68 bits per heavy atom. The van der Waals surface area contributed by atoms with Crippen molar-refractivity contribution in [2.24, 2.45) is 11.3 Å². The molecular weight excluding hydrogens is 381 g/mol. The minimum atomic E-state index is -4.58. The third-order valence-electron chi connectivity index (χ3n) is 4.54. The van der Waals surface area contributed by atoms with Crippen LogP contribution in [0.2, 0.25) is 0 Å². The van der Waals surface area contributed by atoms with E-state index in [0.29, 0.717) is 6.42 Å². The van der Waals surface area contributed by atoms with E-state index in [1.54, 1.807) is 0 Å². The molecule has 0 saturated carbocycles. The molecule has 162 valence electrons. The van der Waals surface area contributed by atoms with Crippen molar-refractivity contribution in [2.75, 3.05) is 12.7 Å². The van der Waals surface area contributed by atoms with E-state index in [9.17, 15) is 14.2 Å². The topological polar surface area (TPSA) is 124 Å². The van der Waals surface area contributed by atoms with Gasteiger partial charge in [-0.05, 0) is 58.3 Å². The molecule has 0 aliphatic heterocycles. The van der Waals surface area contributed by atoms with E-state index >= 15 is 0 Å². The lowest BCUT2D eigenvalue weighted by Crippen LogP contribution is -2.38. The van der Waals surface area contributed by atoms with Crippen LogP contribution in [-0.4, -0.2) is 39.5 Å². The Morgan fingerprint density at radius 3 is 2.18 bits per heavy atom. The average molecular weight is 417 g/mol. The zero-order chi connectivity index (χ0) is 22.0. The quantitative estimate of drug-likeness (QED) is 0.205. The van der Waals surface area contributed by atoms with Crippen LogP contribution in [0.1, 0.15) is 66.7 Å². The van der Waals surface area contributed by atoms with Crippen LogP contribution in [0.25, 0.3) is 0 Å². The van der Waals surface area contributed by atoms with Gasteiger partial charge in [-0.15, -0.1) is 0 Å². The van der Waals surface area contributed by atoms with Crippen molar-refractivity contribution in [1.82, 2.24) is 5.32 Å². The Balaban J connectivity index is 4.41. The molecule has 0 fully saturated rings. The Bertz CT molecular complexity index is 629. The van der Waals surface area contributed by atoms with E-state index in [1.807, 2.05) is 0 Å². The second-order valence-electron chi connectivity index (χ2n) is 8.35. The van der Waals surface area contributed by atoms with Crippen LogP contribution in [0.3, 0.4) is 0 Å². The van der Waals surface area contributed by atoms with Crippen molar-refractivity contribution >= 4 is 19.5 Å². The molecule has 8 heteroatoms. The molecule has 0 aliphatic rings. The normalized spacial score (nSPS) is 13.8. The summed E-state index contributed by atoms with van der Waals surface area (Å²) in [5.41, 5.74) is 2.62. The molecule has 0 radical (unpaired) electrons. The number of rotatable bonds is 13. The Hall–Kier alpha value is -1.43. The van der Waals surface area contributed by atoms with E-state index < -0.39 is 31.6 Å². The number of hydrogen-bond donors (Lipinski definition) is 4. The molecule has 0 rings (SSSR count). The predicted octanol–water partition coefficient (Wildman–Crippen LogP) is 3.87. The highest BCUT2D eigenvalue weighted by atomic mass is 31.2. The molecule has 1 atom stereocenters. The number of hydrogen-bond acceptors (Lipinski definition) is 3. The molecule has 28 heavy (non-hydrogen) atoms. The van der Waals surface area contributed by atoms with E-state index in [4.69, 9.17) is 14.9 Å². The number of carbonyl (C=O) groups excluding carboxylic acids is 1. The number of aliphatic carboxylic acids is 1. The molecule has 1 amide bonds. The highest BCUT2D eigenvalue weighted by Crippen LogP contribution is 2.37. The summed E-state index contributed by atoms with van der Waals surface area (Å²) in [5.74, 6) is -4.13. The monoisotopic (exact) mass is 417 g/mol. The largest absolute Gasteiger partial charge is 0.481 e. The minimum Gasteiger partial charge on any atom is -0.481 e. The van der Waals surface area contributed by atoms with Gasteiger partial charge in [0.25, 0.3) is 0 Å². The molecule has 0 aliphatic carbocycles. The van der Waals surface area contributed by atoms with Crippen molar-refractivity contribution in [3.8, 4) is 0 Å². The molecule has 0 aromatic rings. The molecular formula is C20H36NO6P. The average Bonchev–Trinajstić information content (AvgIpc) is 2.50. The van der Waals surface area contributed by atoms with Crippen LogP contribution in [0.4, 0.5) is 0 Å². The van der Waals surface area contributed by atoms with Gasteiger partial charge in [0.2, 0.25) is 5.91 Å². The minimum absolute atomic E-state index is 0.0497. The summed E-state index contributed by atoms with van der Waals surface area (Å²) < 4.78 is 11.0. The van der Waals surface area contributed by atoms with E-state index in [-0.39, 0.29) is 12.0 Å². The standard InChI is InChI=1S/C20H36NO6P/c1-15(2)8-6-9-16(3)10-7-11-20(4,5)12-13-21-18(22)17(19(23)24)14-28(25,26)27/h8,10,17H,6-7,9,11-14H2,1-5H3,(H,21,22)(H,23,24)(H2,25,26,27)/b16-10+. The first-order valence-electron chi connectivity index (χ1n) is 9.57. The van der Waals surface area contributed by atoms with E-state index in [0.717, 1.165) is 25.7 Å². The van der Waals surface area contributed by atoms with Crippen LogP contribution in [-0.2, 0) is 14.2 Å². The van der Waals surface area contributed by atoms with Gasteiger partial charge >= 0.3 is 13.6 Å². The smallest absolute Gasteiger partial charge is 0.326 e.